The van der Waals surface area contributed by atoms with Crippen molar-refractivity contribution in [1.82, 2.24) is 9.55 Å². The molecule has 0 saturated heterocycles. The van der Waals surface area contributed by atoms with Crippen molar-refractivity contribution >= 4 is 16.9 Å². The molecular weight excluding hydrogens is 268 g/mol. The van der Waals surface area contributed by atoms with Crippen molar-refractivity contribution in [2.45, 2.75) is 6.54 Å². The van der Waals surface area contributed by atoms with E-state index in [4.69, 9.17) is 5.11 Å². The number of carbonyl (C=O) groups is 1. The van der Waals surface area contributed by atoms with Gasteiger partial charge in [0.2, 0.25) is 0 Å². The van der Waals surface area contributed by atoms with Gasteiger partial charge in [-0.1, -0.05) is 18.2 Å². The summed E-state index contributed by atoms with van der Waals surface area (Å²) in [4.78, 5) is 27.1. The Morgan fingerprint density at radius 2 is 2.00 bits per heavy atom. The van der Waals surface area contributed by atoms with E-state index in [9.17, 15) is 9.59 Å². The Morgan fingerprint density at radius 1 is 1.19 bits per heavy atom. The molecule has 0 unspecified atom stereocenters. The lowest BCUT2D eigenvalue weighted by molar-refractivity contribution is 0.0696. The number of aromatic nitrogens is 2. The van der Waals surface area contributed by atoms with Gasteiger partial charge < -0.3 is 9.67 Å². The first-order valence-electron chi connectivity index (χ1n) is 6.41. The average Bonchev–Trinajstić information content (AvgIpc) is 2.49. The van der Waals surface area contributed by atoms with E-state index in [1.807, 2.05) is 30.3 Å². The highest BCUT2D eigenvalue weighted by Crippen LogP contribution is 2.16. The van der Waals surface area contributed by atoms with Crippen LogP contribution in [0.25, 0.3) is 10.9 Å². The molecule has 0 atom stereocenters. The molecule has 0 amide bonds. The Labute approximate surface area is 120 Å². The second-order valence-electron chi connectivity index (χ2n) is 4.67. The number of hydrogen-bond acceptors (Lipinski definition) is 3. The molecule has 0 aliphatic rings. The number of para-hydroxylation sites is 1. The maximum Gasteiger partial charge on any atom is 0.335 e. The molecule has 1 aromatic carbocycles. The van der Waals surface area contributed by atoms with Crippen LogP contribution in [0, 0.1) is 0 Å². The number of rotatable bonds is 3. The minimum absolute atomic E-state index is 0.00386. The fraction of sp³-hybridized carbons (Fsp3) is 0.0625. The third-order valence-electron chi connectivity index (χ3n) is 3.32. The molecule has 2 heterocycles. The maximum atomic E-state index is 12.0. The van der Waals surface area contributed by atoms with E-state index in [0.717, 1.165) is 22.5 Å². The lowest BCUT2D eigenvalue weighted by Crippen LogP contribution is -2.21. The minimum atomic E-state index is -1.10. The molecule has 104 valence electrons. The number of carboxylic acids is 1. The van der Waals surface area contributed by atoms with E-state index < -0.39 is 5.97 Å². The van der Waals surface area contributed by atoms with E-state index in [1.165, 1.54) is 16.8 Å². The van der Waals surface area contributed by atoms with Gasteiger partial charge in [-0.25, -0.2) is 4.79 Å². The van der Waals surface area contributed by atoms with Gasteiger partial charge in [-0.05, 0) is 23.8 Å². The first-order chi connectivity index (χ1) is 10.1. The lowest BCUT2D eigenvalue weighted by Gasteiger charge is -2.08. The van der Waals surface area contributed by atoms with Gasteiger partial charge in [0.05, 0.1) is 17.6 Å². The fourth-order valence-corrected chi connectivity index (χ4v) is 2.25. The number of pyridine rings is 2. The largest absolute Gasteiger partial charge is 0.478 e. The zero-order valence-corrected chi connectivity index (χ0v) is 11.1. The molecule has 0 fully saturated rings. The van der Waals surface area contributed by atoms with Gasteiger partial charge in [0, 0.05) is 23.8 Å². The van der Waals surface area contributed by atoms with Crippen LogP contribution in [0.2, 0.25) is 0 Å². The number of carboxylic acid groups (broad SMARTS) is 1. The number of benzene rings is 1. The highest BCUT2D eigenvalue weighted by Gasteiger charge is 2.07. The van der Waals surface area contributed by atoms with E-state index in [-0.39, 0.29) is 11.1 Å². The summed E-state index contributed by atoms with van der Waals surface area (Å²) in [5.74, 6) is -1.10. The number of aromatic carboxylic acids is 1. The molecule has 0 bridgehead atoms. The predicted octanol–water partition coefficient (Wildman–Crippen LogP) is 2.14. The molecule has 2 aromatic heterocycles. The maximum absolute atomic E-state index is 12.0. The topological polar surface area (TPSA) is 72.2 Å². The van der Waals surface area contributed by atoms with Crippen molar-refractivity contribution in [1.29, 1.82) is 0 Å². The third kappa shape index (κ3) is 2.53. The standard InChI is InChI=1S/C16H12N2O3/c19-15-9-11(16(20)21)6-8-18(15)10-12-5-7-17-14-4-2-1-3-13(12)14/h1-9H,10H2,(H,20,21). The number of nitrogens with zero attached hydrogens (tertiary/aromatic N) is 2. The van der Waals surface area contributed by atoms with Crippen molar-refractivity contribution in [3.63, 3.8) is 0 Å². The van der Waals surface area contributed by atoms with E-state index in [1.54, 1.807) is 6.20 Å². The highest BCUT2D eigenvalue weighted by molar-refractivity contribution is 5.87. The molecule has 3 rings (SSSR count). The van der Waals surface area contributed by atoms with Gasteiger partial charge in [0.25, 0.3) is 5.56 Å². The quantitative estimate of drug-likeness (QED) is 0.797. The van der Waals surface area contributed by atoms with Gasteiger partial charge in [-0.2, -0.15) is 0 Å². The van der Waals surface area contributed by atoms with Gasteiger partial charge in [0.1, 0.15) is 0 Å². The van der Waals surface area contributed by atoms with Crippen LogP contribution in [0.3, 0.4) is 0 Å². The van der Waals surface area contributed by atoms with Crippen molar-refractivity contribution in [2.24, 2.45) is 0 Å². The van der Waals surface area contributed by atoms with Crippen LogP contribution < -0.4 is 5.56 Å². The molecule has 0 saturated carbocycles. The second kappa shape index (κ2) is 5.20. The van der Waals surface area contributed by atoms with Crippen LogP contribution in [0.4, 0.5) is 0 Å². The van der Waals surface area contributed by atoms with E-state index >= 15 is 0 Å². The van der Waals surface area contributed by atoms with Crippen LogP contribution in [0.15, 0.2) is 59.7 Å². The molecule has 21 heavy (non-hydrogen) atoms. The van der Waals surface area contributed by atoms with Gasteiger partial charge in [-0.3, -0.25) is 9.78 Å². The van der Waals surface area contributed by atoms with Crippen molar-refractivity contribution in [3.05, 3.63) is 76.3 Å². The van der Waals surface area contributed by atoms with Crippen LogP contribution in [-0.2, 0) is 6.54 Å². The Morgan fingerprint density at radius 3 is 2.76 bits per heavy atom. The number of fused-ring (bicyclic) bond motifs is 1. The van der Waals surface area contributed by atoms with E-state index in [0.29, 0.717) is 6.54 Å². The van der Waals surface area contributed by atoms with Crippen LogP contribution in [0.5, 0.6) is 0 Å². The summed E-state index contributed by atoms with van der Waals surface area (Å²) in [6.07, 6.45) is 3.20. The Balaban J connectivity index is 2.03. The molecule has 1 N–H and O–H groups in total. The van der Waals surface area contributed by atoms with Crippen molar-refractivity contribution in [2.75, 3.05) is 0 Å². The Hall–Kier alpha value is -2.95. The molecule has 5 heteroatoms. The Kier molecular flexibility index (Phi) is 3.23. The lowest BCUT2D eigenvalue weighted by atomic mass is 10.1. The van der Waals surface area contributed by atoms with Gasteiger partial charge >= 0.3 is 5.97 Å². The van der Waals surface area contributed by atoms with Crippen molar-refractivity contribution < 1.29 is 9.90 Å². The fourth-order valence-electron chi connectivity index (χ4n) is 2.25. The SMILES string of the molecule is O=C(O)c1ccn(Cc2ccnc3ccccc23)c(=O)c1. The number of hydrogen-bond donors (Lipinski definition) is 1. The summed E-state index contributed by atoms with van der Waals surface area (Å²) in [6.45, 7) is 0.377. The van der Waals surface area contributed by atoms with Crippen LogP contribution in [0.1, 0.15) is 15.9 Å². The summed E-state index contributed by atoms with van der Waals surface area (Å²) in [5, 5.41) is 9.86. The normalized spacial score (nSPS) is 10.7. The zero-order valence-electron chi connectivity index (χ0n) is 11.1. The Bertz CT molecular complexity index is 879. The smallest absolute Gasteiger partial charge is 0.335 e. The van der Waals surface area contributed by atoms with Crippen LogP contribution in [-0.4, -0.2) is 20.6 Å². The molecular formula is C16H12N2O3. The summed E-state index contributed by atoms with van der Waals surface area (Å²) in [6, 6.07) is 12.1. The molecule has 0 spiro atoms. The third-order valence-corrected chi connectivity index (χ3v) is 3.32. The van der Waals surface area contributed by atoms with Gasteiger partial charge in [-0.15, -0.1) is 0 Å². The van der Waals surface area contributed by atoms with Crippen molar-refractivity contribution in [3.8, 4) is 0 Å². The van der Waals surface area contributed by atoms with Gasteiger partial charge in [0.15, 0.2) is 0 Å². The molecule has 3 aromatic rings. The summed E-state index contributed by atoms with van der Waals surface area (Å²) in [7, 11) is 0. The molecule has 5 nitrogen and oxygen atoms in total. The predicted molar refractivity (Wildman–Crippen MR) is 78.5 cm³/mol. The zero-order chi connectivity index (χ0) is 14.8. The first kappa shape index (κ1) is 13.1. The molecule has 0 aliphatic carbocycles. The summed E-state index contributed by atoms with van der Waals surface area (Å²) in [5.41, 5.74) is 1.49. The first-order valence-corrected chi connectivity index (χ1v) is 6.41. The van der Waals surface area contributed by atoms with Crippen LogP contribution >= 0.6 is 0 Å². The van der Waals surface area contributed by atoms with E-state index in [2.05, 4.69) is 4.98 Å². The second-order valence-corrected chi connectivity index (χ2v) is 4.67. The summed E-state index contributed by atoms with van der Waals surface area (Å²) >= 11 is 0. The molecule has 0 aliphatic heterocycles. The summed E-state index contributed by atoms with van der Waals surface area (Å²) < 4.78 is 1.48. The minimum Gasteiger partial charge on any atom is -0.478 e. The highest BCUT2D eigenvalue weighted by atomic mass is 16.4. The monoisotopic (exact) mass is 280 g/mol. The average molecular weight is 280 g/mol. The molecule has 0 radical (unpaired) electrons.